The van der Waals surface area contributed by atoms with Gasteiger partial charge >= 0.3 is 0 Å². The molecule has 0 saturated heterocycles. The molecule has 0 unspecified atom stereocenters. The van der Waals surface area contributed by atoms with Gasteiger partial charge in [0, 0.05) is 0 Å². The van der Waals surface area contributed by atoms with E-state index in [9.17, 15) is 0 Å². The number of hydrogen-bond donors (Lipinski definition) is 0. The van der Waals surface area contributed by atoms with Crippen LogP contribution < -0.4 is 0 Å². The lowest BCUT2D eigenvalue weighted by atomic mass is 9.63. The normalized spacial score (nSPS) is 14.4. The first-order valence-electron chi connectivity index (χ1n) is 29.2. The minimum absolute atomic E-state index is 0.418. The molecule has 0 aromatic rings. The van der Waals surface area contributed by atoms with Gasteiger partial charge in [-0.05, 0) is 106 Å². The van der Waals surface area contributed by atoms with Crippen molar-refractivity contribution in [1.82, 2.24) is 0 Å². The molecule has 0 N–H and O–H groups in total. The molecule has 0 heterocycles. The second-order valence-corrected chi connectivity index (χ2v) is 34.3. The summed E-state index contributed by atoms with van der Waals surface area (Å²) in [7, 11) is 0. The van der Waals surface area contributed by atoms with Crippen LogP contribution in [0.3, 0.4) is 0 Å². The third-order valence-electron chi connectivity index (χ3n) is 20.7. The van der Waals surface area contributed by atoms with Gasteiger partial charge in [0.05, 0.1) is 0 Å². The highest BCUT2D eigenvalue weighted by Gasteiger charge is 2.35. The predicted molar refractivity (Wildman–Crippen MR) is 334 cm³/mol. The molecule has 0 saturated carbocycles. The van der Waals surface area contributed by atoms with Gasteiger partial charge in [-0.15, -0.1) is 0 Å². The molecule has 0 radical (unpaired) electrons. The van der Waals surface area contributed by atoms with E-state index in [0.717, 1.165) is 41.4 Å². The van der Waals surface area contributed by atoms with E-state index in [-0.39, 0.29) is 0 Å². The maximum absolute atomic E-state index is 2.34. The summed E-state index contributed by atoms with van der Waals surface area (Å²) in [5.74, 6) is 5.62. The van der Waals surface area contributed by atoms with Crippen LogP contribution in [-0.4, -0.2) is 0 Å². The Labute approximate surface area is 449 Å². The lowest BCUT2D eigenvalue weighted by Gasteiger charge is -2.42. The Hall–Kier alpha value is 0. The van der Waals surface area contributed by atoms with E-state index in [2.05, 4.69) is 325 Å². The molecule has 69 heavy (non-hydrogen) atoms. The van der Waals surface area contributed by atoms with Crippen molar-refractivity contribution >= 4 is 0 Å². The van der Waals surface area contributed by atoms with Crippen molar-refractivity contribution in [1.29, 1.82) is 0 Å². The molecule has 0 spiro atoms. The SMILES string of the molecule is CC(C)(C)C(C)(C)C.CC(C)(C)C(C)(C)C.CC(C)C(C)(C)C(C)(C)C.CC(C)C(C)(C)C(C)C.CC(C)[C@@H](C)C(C)(C)C.CCC(C)(C)C(C)(C)C.CCC(C)(C)C(C)C.CC[C@@H](C)C(C)(C)C. The zero-order valence-electron chi connectivity index (χ0n) is 59.2. The molecule has 0 fully saturated rings. The fourth-order valence-corrected chi connectivity index (χ4v) is 4.08. The van der Waals surface area contributed by atoms with Crippen LogP contribution in [0.4, 0.5) is 0 Å². The van der Waals surface area contributed by atoms with Gasteiger partial charge in [-0.3, -0.25) is 0 Å². The molecular weight excluding hydrogens is 829 g/mol. The van der Waals surface area contributed by atoms with Crippen molar-refractivity contribution in [3.63, 3.8) is 0 Å². The average molecular weight is 984 g/mol. The topological polar surface area (TPSA) is 0 Å². The largest absolute Gasteiger partial charge is 0.0651 e. The van der Waals surface area contributed by atoms with Crippen LogP contribution in [0, 0.1) is 106 Å². The van der Waals surface area contributed by atoms with E-state index in [4.69, 9.17) is 0 Å². The molecule has 430 valence electrons. The van der Waals surface area contributed by atoms with Gasteiger partial charge < -0.3 is 0 Å². The summed E-state index contributed by atoms with van der Waals surface area (Å²) in [6.45, 7) is 108. The molecule has 0 rings (SSSR count). The van der Waals surface area contributed by atoms with Crippen LogP contribution in [0.5, 0.6) is 0 Å². The zero-order valence-corrected chi connectivity index (χ0v) is 59.2. The standard InChI is InChI=1S/C10H22.3C9H20.4C8H18/c1-8(2)10(6,7)9(3,4)5;1-7-9(5,6)8(2,3)4;1-7(2)8(3)9(4,5)6;1-7(2)9(5,6)8(3)4;2*1-7(2,3)8(4,5)6;1-6-7(2)8(3,4)5;1-6-8(4,5)7(2)3/h8H,1-7H3;7H2,1-6H3;2*7-8H,1-6H3;2*1-6H3;2*7H,6H2,1-5H3/t;;8-;;;;7-;/m..1...1./s1. The highest BCUT2D eigenvalue weighted by Crippen LogP contribution is 2.44. The first-order valence-corrected chi connectivity index (χ1v) is 29.2. The predicted octanol–water partition coefficient (Wildman–Crippen LogP) is 26.1. The lowest BCUT2D eigenvalue weighted by Crippen LogP contribution is -2.34. The van der Waals surface area contributed by atoms with Crippen LogP contribution in [0.1, 0.15) is 345 Å². The van der Waals surface area contributed by atoms with Crippen molar-refractivity contribution < 1.29 is 0 Å². The van der Waals surface area contributed by atoms with Crippen molar-refractivity contribution in [2.24, 2.45) is 106 Å². The first-order chi connectivity index (χ1) is 29.2. The molecule has 0 aliphatic carbocycles. The van der Waals surface area contributed by atoms with Gasteiger partial charge in [0.2, 0.25) is 0 Å². The second kappa shape index (κ2) is 33.1. The van der Waals surface area contributed by atoms with E-state index >= 15 is 0 Å². The van der Waals surface area contributed by atoms with Crippen LogP contribution in [0.2, 0.25) is 0 Å². The Morgan fingerprint density at radius 1 is 0.275 bits per heavy atom. The van der Waals surface area contributed by atoms with Crippen LogP contribution >= 0.6 is 0 Å². The molecule has 0 aliphatic heterocycles. The Bertz CT molecular complexity index is 1100. The Balaban J connectivity index is -0.000000103. The Morgan fingerprint density at radius 3 is 0.536 bits per heavy atom. The summed E-state index contributed by atoms with van der Waals surface area (Å²) in [5.41, 5.74) is 5.56. The summed E-state index contributed by atoms with van der Waals surface area (Å²) in [6, 6.07) is 0. The third kappa shape index (κ3) is 42.0. The fourth-order valence-electron chi connectivity index (χ4n) is 4.08. The molecule has 0 aromatic heterocycles. The van der Waals surface area contributed by atoms with Gasteiger partial charge in [0.25, 0.3) is 0 Å². The second-order valence-electron chi connectivity index (χ2n) is 34.3. The van der Waals surface area contributed by atoms with Crippen molar-refractivity contribution in [2.75, 3.05) is 0 Å². The quantitative estimate of drug-likeness (QED) is 0.227. The van der Waals surface area contributed by atoms with E-state index in [1.165, 1.54) is 19.3 Å². The van der Waals surface area contributed by atoms with E-state index in [1.54, 1.807) is 0 Å². The summed E-state index contributed by atoms with van der Waals surface area (Å²) in [6.07, 6.45) is 3.84. The smallest absolute Gasteiger partial charge is 0.0283 e. The molecule has 0 aliphatic rings. The fraction of sp³-hybridized carbons (Fsp3) is 1.00. The summed E-state index contributed by atoms with van der Waals surface area (Å²) in [4.78, 5) is 0. The summed E-state index contributed by atoms with van der Waals surface area (Å²) in [5, 5.41) is 0. The van der Waals surface area contributed by atoms with Gasteiger partial charge in [0.1, 0.15) is 0 Å². The molecule has 0 aromatic carbocycles. The van der Waals surface area contributed by atoms with E-state index in [1.807, 2.05) is 0 Å². The molecule has 0 nitrogen and oxygen atoms in total. The monoisotopic (exact) mass is 983 g/mol. The molecule has 0 bridgehead atoms. The first kappa shape index (κ1) is 85.7. The van der Waals surface area contributed by atoms with Crippen LogP contribution in [-0.2, 0) is 0 Å². The minimum atomic E-state index is 0.418. The molecule has 0 amide bonds. The van der Waals surface area contributed by atoms with E-state index in [0.29, 0.717) is 65.0 Å². The Morgan fingerprint density at radius 2 is 0.536 bits per heavy atom. The van der Waals surface area contributed by atoms with Gasteiger partial charge in [-0.25, -0.2) is 0 Å². The van der Waals surface area contributed by atoms with Crippen molar-refractivity contribution in [3.8, 4) is 0 Å². The third-order valence-corrected chi connectivity index (χ3v) is 20.7. The minimum Gasteiger partial charge on any atom is -0.0651 e. The Kier molecular flexibility index (Phi) is 41.2. The highest BCUT2D eigenvalue weighted by atomic mass is 14.4. The van der Waals surface area contributed by atoms with Crippen LogP contribution in [0.25, 0.3) is 0 Å². The maximum Gasteiger partial charge on any atom is -0.0283 e. The van der Waals surface area contributed by atoms with Crippen LogP contribution in [0.15, 0.2) is 0 Å². The molecular formula is C69H154. The number of hydrogen-bond acceptors (Lipinski definition) is 0. The zero-order chi connectivity index (χ0) is 59.2. The number of rotatable bonds is 8. The molecule has 0 heteroatoms. The average Bonchev–Trinajstić information content (AvgIpc) is 3.09. The summed E-state index contributed by atoms with van der Waals surface area (Å²) >= 11 is 0. The molecule has 2 atom stereocenters. The van der Waals surface area contributed by atoms with Gasteiger partial charge in [0.15, 0.2) is 0 Å². The van der Waals surface area contributed by atoms with Crippen molar-refractivity contribution in [3.05, 3.63) is 0 Å². The lowest BCUT2D eigenvalue weighted by molar-refractivity contribution is 0.0737. The van der Waals surface area contributed by atoms with Gasteiger partial charge in [-0.2, -0.15) is 0 Å². The van der Waals surface area contributed by atoms with Crippen molar-refractivity contribution in [2.45, 2.75) is 345 Å². The summed E-state index contributed by atoms with van der Waals surface area (Å²) < 4.78 is 0. The van der Waals surface area contributed by atoms with Gasteiger partial charge in [-0.1, -0.05) is 345 Å². The van der Waals surface area contributed by atoms with E-state index < -0.39 is 0 Å². The maximum atomic E-state index is 2.34. The highest BCUT2D eigenvalue weighted by molar-refractivity contribution is 4.85.